The Balaban J connectivity index is 2.72. The first-order chi connectivity index (χ1) is 6.20. The van der Waals surface area contributed by atoms with Gasteiger partial charge in [-0.15, -0.1) is 11.6 Å². The summed E-state index contributed by atoms with van der Waals surface area (Å²) in [6.07, 6.45) is 0. The summed E-state index contributed by atoms with van der Waals surface area (Å²) < 4.78 is 0.990. The first-order valence-corrected chi connectivity index (χ1v) is 5.12. The smallest absolute Gasteiger partial charge is 0.172 e. The summed E-state index contributed by atoms with van der Waals surface area (Å²) in [5.74, 6) is 0.401. The quantitative estimate of drug-likeness (QED) is 0.565. The molecule has 0 saturated heterocycles. The van der Waals surface area contributed by atoms with E-state index in [4.69, 9.17) is 17.3 Å². The number of benzene rings is 1. The predicted molar refractivity (Wildman–Crippen MR) is 57.5 cm³/mol. The second-order valence-corrected chi connectivity index (χ2v) is 4.14. The Morgan fingerprint density at radius 1 is 1.38 bits per heavy atom. The number of nitrogens with two attached hydrogens (primary N) is 1. The highest BCUT2D eigenvalue weighted by Crippen LogP contribution is 2.33. The average Bonchev–Trinajstić information content (AvgIpc) is 2.42. The topological polar surface area (TPSA) is 46.2 Å². The van der Waals surface area contributed by atoms with E-state index >= 15 is 0 Å². The Morgan fingerprint density at radius 2 is 2.15 bits per heavy atom. The van der Waals surface area contributed by atoms with Gasteiger partial charge in [0.05, 0.1) is 0 Å². The third kappa shape index (κ3) is 1.45. The normalized spacial score (nSPS) is 10.8. The molecule has 0 saturated carbocycles. The minimum atomic E-state index is 0.307. The summed E-state index contributed by atoms with van der Waals surface area (Å²) >= 11 is 7.02. The fourth-order valence-corrected chi connectivity index (χ4v) is 2.32. The number of nitrogen functional groups attached to an aromatic ring is 1. The maximum absolute atomic E-state index is 9.26. The molecular formula is C9H8ClNOS. The van der Waals surface area contributed by atoms with Crippen LogP contribution in [-0.2, 0) is 5.88 Å². The fourth-order valence-electron chi connectivity index (χ4n) is 1.25. The second kappa shape index (κ2) is 3.09. The van der Waals surface area contributed by atoms with Gasteiger partial charge in [0, 0.05) is 16.3 Å². The summed E-state index contributed by atoms with van der Waals surface area (Å²) in [5, 5.41) is 10.6. The van der Waals surface area contributed by atoms with Crippen molar-refractivity contribution in [3.8, 4) is 5.06 Å². The zero-order valence-corrected chi connectivity index (χ0v) is 8.32. The molecule has 0 unspecified atom stereocenters. The molecule has 1 aromatic heterocycles. The van der Waals surface area contributed by atoms with E-state index in [1.54, 1.807) is 6.07 Å². The monoisotopic (exact) mass is 213 g/mol. The largest absolute Gasteiger partial charge is 0.499 e. The van der Waals surface area contributed by atoms with Crippen LogP contribution in [0.3, 0.4) is 0 Å². The number of rotatable bonds is 1. The minimum absolute atomic E-state index is 0.307. The van der Waals surface area contributed by atoms with E-state index in [2.05, 4.69) is 0 Å². The van der Waals surface area contributed by atoms with Gasteiger partial charge in [-0.2, -0.15) is 0 Å². The second-order valence-electron chi connectivity index (χ2n) is 2.81. The molecule has 0 bridgehead atoms. The molecule has 3 N–H and O–H groups in total. The van der Waals surface area contributed by atoms with E-state index in [1.807, 2.05) is 12.1 Å². The molecule has 0 aliphatic heterocycles. The fraction of sp³-hybridized carbons (Fsp3) is 0.111. The molecule has 0 fully saturated rings. The predicted octanol–water partition coefficient (Wildman–Crippen LogP) is 2.93. The molecule has 0 atom stereocenters. The summed E-state index contributed by atoms with van der Waals surface area (Å²) in [5.41, 5.74) is 7.34. The standard InChI is InChI=1S/C9H8ClNOS/c10-4-6-1-5-2-9(12)13-8(5)3-7(6)11/h1-3,12H,4,11H2. The van der Waals surface area contributed by atoms with Gasteiger partial charge in [-0.05, 0) is 29.1 Å². The van der Waals surface area contributed by atoms with E-state index in [9.17, 15) is 5.11 Å². The van der Waals surface area contributed by atoms with Gasteiger partial charge in [-0.3, -0.25) is 0 Å². The number of fused-ring (bicyclic) bond motifs is 1. The summed E-state index contributed by atoms with van der Waals surface area (Å²) in [7, 11) is 0. The number of hydrogen-bond acceptors (Lipinski definition) is 3. The van der Waals surface area contributed by atoms with Gasteiger partial charge in [0.25, 0.3) is 0 Å². The van der Waals surface area contributed by atoms with Crippen LogP contribution in [0.2, 0.25) is 0 Å². The van der Waals surface area contributed by atoms with Crippen LogP contribution >= 0.6 is 22.9 Å². The van der Waals surface area contributed by atoms with Crippen molar-refractivity contribution in [2.24, 2.45) is 0 Å². The molecule has 68 valence electrons. The SMILES string of the molecule is Nc1cc2sc(O)cc2cc1CCl. The molecule has 13 heavy (non-hydrogen) atoms. The van der Waals surface area contributed by atoms with Crippen molar-refractivity contribution in [2.75, 3.05) is 5.73 Å². The number of thiophene rings is 1. The number of hydrogen-bond donors (Lipinski definition) is 2. The molecule has 1 heterocycles. The Hall–Kier alpha value is -0.930. The van der Waals surface area contributed by atoms with Crippen molar-refractivity contribution in [3.05, 3.63) is 23.8 Å². The minimum Gasteiger partial charge on any atom is -0.499 e. The molecule has 2 aromatic rings. The number of alkyl halides is 1. The lowest BCUT2D eigenvalue weighted by atomic mass is 10.1. The van der Waals surface area contributed by atoms with Crippen molar-refractivity contribution >= 4 is 38.7 Å². The van der Waals surface area contributed by atoms with Crippen LogP contribution in [-0.4, -0.2) is 5.11 Å². The van der Waals surface area contributed by atoms with E-state index < -0.39 is 0 Å². The van der Waals surface area contributed by atoms with Gasteiger partial charge in [0.15, 0.2) is 5.06 Å². The molecule has 2 rings (SSSR count). The first kappa shape index (κ1) is 8.66. The van der Waals surface area contributed by atoms with Crippen LogP contribution in [0.25, 0.3) is 10.1 Å². The highest BCUT2D eigenvalue weighted by molar-refractivity contribution is 7.20. The Morgan fingerprint density at radius 3 is 2.85 bits per heavy atom. The molecule has 0 aliphatic rings. The average molecular weight is 214 g/mol. The first-order valence-electron chi connectivity index (χ1n) is 3.77. The Kier molecular flexibility index (Phi) is 2.06. The van der Waals surface area contributed by atoms with Crippen molar-refractivity contribution in [2.45, 2.75) is 5.88 Å². The van der Waals surface area contributed by atoms with Gasteiger partial charge in [-0.1, -0.05) is 11.3 Å². The molecular weight excluding hydrogens is 206 g/mol. The van der Waals surface area contributed by atoms with E-state index in [0.717, 1.165) is 15.6 Å². The number of anilines is 1. The molecule has 0 spiro atoms. The van der Waals surface area contributed by atoms with Crippen LogP contribution in [0.1, 0.15) is 5.56 Å². The maximum Gasteiger partial charge on any atom is 0.172 e. The zero-order valence-electron chi connectivity index (χ0n) is 6.75. The third-order valence-corrected chi connectivity index (χ3v) is 3.10. The van der Waals surface area contributed by atoms with E-state index in [1.165, 1.54) is 11.3 Å². The van der Waals surface area contributed by atoms with Crippen molar-refractivity contribution < 1.29 is 5.11 Å². The van der Waals surface area contributed by atoms with E-state index in [-0.39, 0.29) is 0 Å². The van der Waals surface area contributed by atoms with Crippen molar-refractivity contribution in [3.63, 3.8) is 0 Å². The molecule has 0 radical (unpaired) electrons. The lowest BCUT2D eigenvalue weighted by Gasteiger charge is -2.00. The van der Waals surface area contributed by atoms with Gasteiger partial charge < -0.3 is 10.8 Å². The maximum atomic E-state index is 9.26. The van der Waals surface area contributed by atoms with E-state index in [0.29, 0.717) is 16.6 Å². The highest BCUT2D eigenvalue weighted by Gasteiger charge is 2.04. The number of aromatic hydroxyl groups is 1. The van der Waals surface area contributed by atoms with Gasteiger partial charge in [0.1, 0.15) is 0 Å². The summed E-state index contributed by atoms with van der Waals surface area (Å²) in [6, 6.07) is 5.47. The van der Waals surface area contributed by atoms with Crippen LogP contribution in [0.15, 0.2) is 18.2 Å². The molecule has 0 amide bonds. The van der Waals surface area contributed by atoms with Crippen molar-refractivity contribution in [1.29, 1.82) is 0 Å². The Bertz CT molecular complexity index is 452. The molecule has 0 aliphatic carbocycles. The summed E-state index contributed by atoms with van der Waals surface area (Å²) in [6.45, 7) is 0. The highest BCUT2D eigenvalue weighted by atomic mass is 35.5. The van der Waals surface area contributed by atoms with Gasteiger partial charge >= 0.3 is 0 Å². The van der Waals surface area contributed by atoms with Crippen LogP contribution in [0, 0.1) is 0 Å². The van der Waals surface area contributed by atoms with Crippen LogP contribution in [0.4, 0.5) is 5.69 Å². The van der Waals surface area contributed by atoms with Gasteiger partial charge in [-0.25, -0.2) is 0 Å². The molecule has 2 nitrogen and oxygen atoms in total. The Labute approximate surface area is 84.6 Å². The molecule has 1 aromatic carbocycles. The van der Waals surface area contributed by atoms with Gasteiger partial charge in [0.2, 0.25) is 0 Å². The molecule has 4 heteroatoms. The number of halogens is 1. The third-order valence-electron chi connectivity index (χ3n) is 1.91. The summed E-state index contributed by atoms with van der Waals surface area (Å²) in [4.78, 5) is 0. The van der Waals surface area contributed by atoms with Crippen LogP contribution in [0.5, 0.6) is 5.06 Å². The van der Waals surface area contributed by atoms with Crippen LogP contribution < -0.4 is 5.73 Å². The zero-order chi connectivity index (χ0) is 9.42. The van der Waals surface area contributed by atoms with Crippen molar-refractivity contribution in [1.82, 2.24) is 0 Å². The lowest BCUT2D eigenvalue weighted by Crippen LogP contribution is -1.90. The lowest BCUT2D eigenvalue weighted by molar-refractivity contribution is 0.491.